The lowest BCUT2D eigenvalue weighted by Crippen LogP contribution is -2.53. The Morgan fingerprint density at radius 2 is 1.68 bits per heavy atom. The Morgan fingerprint density at radius 1 is 1.12 bits per heavy atom. The second kappa shape index (κ2) is 8.54. The van der Waals surface area contributed by atoms with E-state index in [0.717, 1.165) is 44.2 Å². The summed E-state index contributed by atoms with van der Waals surface area (Å²) in [4.78, 5) is 18.5. The van der Waals surface area contributed by atoms with Gasteiger partial charge >= 0.3 is 0 Å². The van der Waals surface area contributed by atoms with Gasteiger partial charge in [0.25, 0.3) is 0 Å². The zero-order chi connectivity index (χ0) is 18.6. The summed E-state index contributed by atoms with van der Waals surface area (Å²) in [5.41, 5.74) is 2.46. The first-order valence-electron chi connectivity index (χ1n) is 8.76. The Kier molecular flexibility index (Phi) is 6.67. The minimum absolute atomic E-state index is 0.0556. The summed E-state index contributed by atoms with van der Waals surface area (Å²) in [7, 11) is 6.95. The fourth-order valence-corrected chi connectivity index (χ4v) is 3.27. The minimum atomic E-state index is -0.0556. The Morgan fingerprint density at radius 3 is 2.20 bits per heavy atom. The van der Waals surface area contributed by atoms with Gasteiger partial charge in [0.15, 0.2) is 11.5 Å². The topological polar surface area (TPSA) is 45.2 Å². The van der Waals surface area contributed by atoms with Crippen molar-refractivity contribution in [2.45, 2.75) is 26.4 Å². The standard InChI is InChI=1S/C19H31N3O3/c1-14-11-17(24-5)18(25-6)12-16(14)13-21-7-9-22(10-8-21)15(2)19(23)20(3)4/h11-12,15H,7-10,13H2,1-6H3/t15-/m0/s1. The van der Waals surface area contributed by atoms with Gasteiger partial charge in [-0.2, -0.15) is 0 Å². The van der Waals surface area contributed by atoms with Crippen molar-refractivity contribution in [2.75, 3.05) is 54.5 Å². The lowest BCUT2D eigenvalue weighted by Gasteiger charge is -2.38. The Hall–Kier alpha value is -1.79. The van der Waals surface area contributed by atoms with Crippen molar-refractivity contribution >= 4 is 5.91 Å². The van der Waals surface area contributed by atoms with E-state index in [1.807, 2.05) is 27.1 Å². The van der Waals surface area contributed by atoms with Gasteiger partial charge in [0.1, 0.15) is 0 Å². The highest BCUT2D eigenvalue weighted by atomic mass is 16.5. The average molecular weight is 349 g/mol. The number of likely N-dealkylation sites (N-methyl/N-ethyl adjacent to an activating group) is 1. The van der Waals surface area contributed by atoms with Gasteiger partial charge in [-0.3, -0.25) is 14.6 Å². The molecule has 25 heavy (non-hydrogen) atoms. The summed E-state index contributed by atoms with van der Waals surface area (Å²) < 4.78 is 10.8. The second-order valence-corrected chi connectivity index (χ2v) is 6.85. The van der Waals surface area contributed by atoms with Crippen LogP contribution in [0, 0.1) is 6.92 Å². The third-order valence-corrected chi connectivity index (χ3v) is 4.99. The summed E-state index contributed by atoms with van der Waals surface area (Å²) in [5, 5.41) is 0. The third kappa shape index (κ3) is 4.64. The normalized spacial score (nSPS) is 17.2. The molecule has 1 amide bonds. The van der Waals surface area contributed by atoms with Crippen LogP contribution in [-0.2, 0) is 11.3 Å². The number of carbonyl (C=O) groups is 1. The summed E-state index contributed by atoms with van der Waals surface area (Å²) in [6, 6.07) is 4.04. The number of carbonyl (C=O) groups excluding carboxylic acids is 1. The molecule has 1 atom stereocenters. The van der Waals surface area contributed by atoms with E-state index in [9.17, 15) is 4.79 Å². The van der Waals surface area contributed by atoms with Gasteiger partial charge in [0, 0.05) is 46.8 Å². The minimum Gasteiger partial charge on any atom is -0.493 e. The summed E-state index contributed by atoms with van der Waals surface area (Å²) >= 11 is 0. The number of hydrogen-bond donors (Lipinski definition) is 0. The predicted octanol–water partition coefficient (Wildman–Crippen LogP) is 1.61. The van der Waals surface area contributed by atoms with E-state index in [4.69, 9.17) is 9.47 Å². The van der Waals surface area contributed by atoms with Crippen LogP contribution in [0.1, 0.15) is 18.1 Å². The van der Waals surface area contributed by atoms with Gasteiger partial charge < -0.3 is 14.4 Å². The maximum Gasteiger partial charge on any atom is 0.239 e. The molecule has 1 aromatic rings. The van der Waals surface area contributed by atoms with Crippen LogP contribution in [0.2, 0.25) is 0 Å². The molecule has 1 aromatic carbocycles. The largest absolute Gasteiger partial charge is 0.493 e. The van der Waals surface area contributed by atoms with Crippen molar-refractivity contribution < 1.29 is 14.3 Å². The number of methoxy groups -OCH3 is 2. The van der Waals surface area contributed by atoms with Crippen molar-refractivity contribution in [3.8, 4) is 11.5 Å². The first kappa shape index (κ1) is 19.5. The first-order chi connectivity index (χ1) is 11.9. The van der Waals surface area contributed by atoms with Crippen molar-refractivity contribution in [3.05, 3.63) is 23.3 Å². The number of benzene rings is 1. The number of ether oxygens (including phenoxy) is 2. The van der Waals surface area contributed by atoms with Gasteiger partial charge in [-0.25, -0.2) is 0 Å². The smallest absolute Gasteiger partial charge is 0.239 e. The van der Waals surface area contributed by atoms with Crippen molar-refractivity contribution in [1.29, 1.82) is 0 Å². The Labute approximate surface area is 151 Å². The Balaban J connectivity index is 1.97. The lowest BCUT2D eigenvalue weighted by molar-refractivity contribution is -0.134. The molecule has 1 fully saturated rings. The van der Waals surface area contributed by atoms with E-state index < -0.39 is 0 Å². The van der Waals surface area contributed by atoms with E-state index in [-0.39, 0.29) is 11.9 Å². The van der Waals surface area contributed by atoms with Crippen molar-refractivity contribution in [3.63, 3.8) is 0 Å². The number of piperazine rings is 1. The molecule has 0 aromatic heterocycles. The zero-order valence-corrected chi connectivity index (χ0v) is 16.3. The van der Waals surface area contributed by atoms with Gasteiger partial charge in [0.05, 0.1) is 20.3 Å². The van der Waals surface area contributed by atoms with E-state index in [0.29, 0.717) is 0 Å². The molecule has 0 aliphatic carbocycles. The molecule has 6 nitrogen and oxygen atoms in total. The molecule has 0 saturated carbocycles. The van der Waals surface area contributed by atoms with Crippen LogP contribution in [0.4, 0.5) is 0 Å². The fourth-order valence-electron chi connectivity index (χ4n) is 3.27. The highest BCUT2D eigenvalue weighted by molar-refractivity contribution is 5.80. The quantitative estimate of drug-likeness (QED) is 0.781. The monoisotopic (exact) mass is 349 g/mol. The van der Waals surface area contributed by atoms with Crippen LogP contribution in [0.3, 0.4) is 0 Å². The maximum atomic E-state index is 12.1. The SMILES string of the molecule is COc1cc(C)c(CN2CCN([C@@H](C)C(=O)N(C)C)CC2)cc1OC. The van der Waals surface area contributed by atoms with Gasteiger partial charge in [-0.05, 0) is 37.1 Å². The highest BCUT2D eigenvalue weighted by Gasteiger charge is 2.26. The fraction of sp³-hybridized carbons (Fsp3) is 0.632. The maximum absolute atomic E-state index is 12.1. The second-order valence-electron chi connectivity index (χ2n) is 6.85. The van der Waals surface area contributed by atoms with Crippen molar-refractivity contribution in [2.24, 2.45) is 0 Å². The van der Waals surface area contributed by atoms with Crippen molar-refractivity contribution in [1.82, 2.24) is 14.7 Å². The lowest BCUT2D eigenvalue weighted by atomic mass is 10.1. The van der Waals surface area contributed by atoms with Crippen LogP contribution in [-0.4, -0.2) is 81.1 Å². The van der Waals surface area contributed by atoms with Crippen LogP contribution in [0.25, 0.3) is 0 Å². The summed E-state index contributed by atoms with van der Waals surface area (Å²) in [6.45, 7) is 8.72. The molecule has 0 radical (unpaired) electrons. The molecular weight excluding hydrogens is 318 g/mol. The van der Waals surface area contributed by atoms with E-state index >= 15 is 0 Å². The molecule has 1 aliphatic rings. The molecular formula is C19H31N3O3. The van der Waals surface area contributed by atoms with Gasteiger partial charge in [0.2, 0.25) is 5.91 Å². The number of amides is 1. The van der Waals surface area contributed by atoms with Gasteiger partial charge in [-0.15, -0.1) is 0 Å². The molecule has 0 bridgehead atoms. The number of aryl methyl sites for hydroxylation is 1. The molecule has 1 saturated heterocycles. The predicted molar refractivity (Wildman–Crippen MR) is 99.3 cm³/mol. The number of nitrogens with zero attached hydrogens (tertiary/aromatic N) is 3. The van der Waals surface area contributed by atoms with Crippen LogP contribution >= 0.6 is 0 Å². The molecule has 0 unspecified atom stereocenters. The van der Waals surface area contributed by atoms with Crippen LogP contribution in [0.15, 0.2) is 12.1 Å². The summed E-state index contributed by atoms with van der Waals surface area (Å²) in [5.74, 6) is 1.71. The molecule has 1 heterocycles. The third-order valence-electron chi connectivity index (χ3n) is 4.99. The molecule has 0 N–H and O–H groups in total. The van der Waals surface area contributed by atoms with Gasteiger partial charge in [-0.1, -0.05) is 0 Å². The van der Waals surface area contributed by atoms with Crippen LogP contribution < -0.4 is 9.47 Å². The first-order valence-corrected chi connectivity index (χ1v) is 8.76. The molecule has 140 valence electrons. The highest BCUT2D eigenvalue weighted by Crippen LogP contribution is 2.31. The molecule has 1 aliphatic heterocycles. The molecule has 6 heteroatoms. The number of hydrogen-bond acceptors (Lipinski definition) is 5. The summed E-state index contributed by atoms with van der Waals surface area (Å²) in [6.07, 6.45) is 0. The van der Waals surface area contributed by atoms with E-state index in [1.165, 1.54) is 11.1 Å². The zero-order valence-electron chi connectivity index (χ0n) is 16.3. The van der Waals surface area contributed by atoms with E-state index in [1.54, 1.807) is 19.1 Å². The number of rotatable bonds is 6. The molecule has 0 spiro atoms. The Bertz CT molecular complexity index is 596. The van der Waals surface area contributed by atoms with E-state index in [2.05, 4.69) is 22.8 Å². The molecule has 2 rings (SSSR count). The van der Waals surface area contributed by atoms with Crippen LogP contribution in [0.5, 0.6) is 11.5 Å². The average Bonchev–Trinajstić information content (AvgIpc) is 2.62.